The first kappa shape index (κ1) is 19.4. The van der Waals surface area contributed by atoms with Crippen LogP contribution in [0.2, 0.25) is 0 Å². The topological polar surface area (TPSA) is 57.7 Å². The van der Waals surface area contributed by atoms with Crippen LogP contribution in [0.25, 0.3) is 0 Å². The molecule has 0 radical (unpaired) electrons. The van der Waals surface area contributed by atoms with Crippen LogP contribution in [0.3, 0.4) is 0 Å². The summed E-state index contributed by atoms with van der Waals surface area (Å²) >= 11 is 0. The predicted molar refractivity (Wildman–Crippen MR) is 112 cm³/mol. The summed E-state index contributed by atoms with van der Waals surface area (Å²) in [6.07, 6.45) is 5.54. The van der Waals surface area contributed by atoms with E-state index in [4.69, 9.17) is 0 Å². The Kier molecular flexibility index (Phi) is 5.74. The van der Waals surface area contributed by atoms with Gasteiger partial charge in [0.25, 0.3) is 5.91 Å². The Labute approximate surface area is 171 Å². The standard InChI is InChI=1S/C24H26N2O3/c27-22-14-15-23(28)26(22)21-11-6-9-19(17-21)24(29)25-16-5-4-10-20(25)13-12-18-7-2-1-3-8-18/h1-3,6-9,11,17,20H,4-5,10,12-16H2/t20-/m1/s1. The zero-order valence-corrected chi connectivity index (χ0v) is 16.5. The van der Waals surface area contributed by atoms with Gasteiger partial charge in [-0.15, -0.1) is 0 Å². The molecule has 4 rings (SSSR count). The molecule has 0 N–H and O–H groups in total. The number of piperidine rings is 1. The highest BCUT2D eigenvalue weighted by Crippen LogP contribution is 2.27. The molecule has 0 aromatic heterocycles. The molecule has 2 saturated heterocycles. The van der Waals surface area contributed by atoms with Crippen molar-refractivity contribution in [2.75, 3.05) is 11.4 Å². The number of nitrogens with zero attached hydrogens (tertiary/aromatic N) is 2. The van der Waals surface area contributed by atoms with E-state index in [-0.39, 0.29) is 36.6 Å². The summed E-state index contributed by atoms with van der Waals surface area (Å²) in [4.78, 5) is 40.6. The summed E-state index contributed by atoms with van der Waals surface area (Å²) in [6.45, 7) is 0.754. The average molecular weight is 390 g/mol. The molecule has 2 aliphatic heterocycles. The van der Waals surface area contributed by atoms with Crippen LogP contribution in [-0.2, 0) is 16.0 Å². The van der Waals surface area contributed by atoms with Gasteiger partial charge in [-0.1, -0.05) is 36.4 Å². The second-order valence-electron chi connectivity index (χ2n) is 7.85. The fraction of sp³-hybridized carbons (Fsp3) is 0.375. The Morgan fingerprint density at radius 2 is 1.69 bits per heavy atom. The number of carbonyl (C=O) groups excluding carboxylic acids is 3. The minimum atomic E-state index is -0.196. The summed E-state index contributed by atoms with van der Waals surface area (Å²) in [6, 6.07) is 17.5. The lowest BCUT2D eigenvalue weighted by Gasteiger charge is -2.36. The molecule has 29 heavy (non-hydrogen) atoms. The van der Waals surface area contributed by atoms with Crippen LogP contribution < -0.4 is 4.90 Å². The molecule has 0 saturated carbocycles. The second-order valence-corrected chi connectivity index (χ2v) is 7.85. The molecule has 3 amide bonds. The van der Waals surface area contributed by atoms with Crippen molar-refractivity contribution in [2.45, 2.75) is 51.0 Å². The van der Waals surface area contributed by atoms with Crippen molar-refractivity contribution in [3.8, 4) is 0 Å². The lowest BCUT2D eigenvalue weighted by Crippen LogP contribution is -2.44. The number of amides is 3. The third-order valence-corrected chi connectivity index (χ3v) is 5.90. The molecule has 1 atom stereocenters. The molecule has 2 fully saturated rings. The van der Waals surface area contributed by atoms with E-state index in [1.165, 1.54) is 10.5 Å². The highest BCUT2D eigenvalue weighted by molar-refractivity contribution is 6.20. The van der Waals surface area contributed by atoms with E-state index in [1.807, 2.05) is 23.1 Å². The monoisotopic (exact) mass is 390 g/mol. The van der Waals surface area contributed by atoms with Gasteiger partial charge in [0.1, 0.15) is 0 Å². The van der Waals surface area contributed by atoms with Crippen molar-refractivity contribution >= 4 is 23.4 Å². The first-order valence-electron chi connectivity index (χ1n) is 10.4. The molecule has 0 spiro atoms. The smallest absolute Gasteiger partial charge is 0.254 e. The van der Waals surface area contributed by atoms with Crippen LogP contribution in [0.5, 0.6) is 0 Å². The van der Waals surface area contributed by atoms with Gasteiger partial charge in [-0.3, -0.25) is 19.3 Å². The first-order valence-corrected chi connectivity index (χ1v) is 10.4. The summed E-state index contributed by atoms with van der Waals surface area (Å²) < 4.78 is 0. The van der Waals surface area contributed by atoms with Gasteiger partial charge in [0, 0.05) is 31.0 Å². The van der Waals surface area contributed by atoms with Crippen LogP contribution in [0.15, 0.2) is 54.6 Å². The van der Waals surface area contributed by atoms with Gasteiger partial charge in [-0.2, -0.15) is 0 Å². The van der Waals surface area contributed by atoms with E-state index in [1.54, 1.807) is 24.3 Å². The van der Waals surface area contributed by atoms with Gasteiger partial charge in [0.15, 0.2) is 0 Å². The third-order valence-electron chi connectivity index (χ3n) is 5.90. The van der Waals surface area contributed by atoms with Gasteiger partial charge in [-0.05, 0) is 55.9 Å². The fourth-order valence-electron chi connectivity index (χ4n) is 4.35. The molecule has 5 nitrogen and oxygen atoms in total. The molecule has 2 aromatic rings. The number of benzene rings is 2. The average Bonchev–Trinajstić information content (AvgIpc) is 3.11. The first-order chi connectivity index (χ1) is 14.1. The molecule has 0 unspecified atom stereocenters. The molecule has 2 aromatic carbocycles. The predicted octanol–water partition coefficient (Wildman–Crippen LogP) is 3.97. The minimum Gasteiger partial charge on any atom is -0.336 e. The molecule has 150 valence electrons. The van der Waals surface area contributed by atoms with Crippen LogP contribution in [0.4, 0.5) is 5.69 Å². The molecule has 0 bridgehead atoms. The van der Waals surface area contributed by atoms with Crippen LogP contribution >= 0.6 is 0 Å². The van der Waals surface area contributed by atoms with Crippen LogP contribution in [0.1, 0.15) is 54.4 Å². The Morgan fingerprint density at radius 1 is 0.931 bits per heavy atom. The number of aryl methyl sites for hydroxylation is 1. The number of likely N-dealkylation sites (tertiary alicyclic amines) is 1. The molecular formula is C24H26N2O3. The van der Waals surface area contributed by atoms with Crippen molar-refractivity contribution < 1.29 is 14.4 Å². The Hall–Kier alpha value is -2.95. The minimum absolute atomic E-state index is 0.0105. The number of anilines is 1. The number of carbonyl (C=O) groups is 3. The Balaban J connectivity index is 1.50. The van der Waals surface area contributed by atoms with Crippen molar-refractivity contribution in [3.63, 3.8) is 0 Å². The van der Waals surface area contributed by atoms with Gasteiger partial charge >= 0.3 is 0 Å². The number of hydrogen-bond acceptors (Lipinski definition) is 3. The van der Waals surface area contributed by atoms with Gasteiger partial charge < -0.3 is 4.90 Å². The zero-order chi connectivity index (χ0) is 20.2. The lowest BCUT2D eigenvalue weighted by atomic mass is 9.95. The highest BCUT2D eigenvalue weighted by atomic mass is 16.2. The van der Waals surface area contributed by atoms with Gasteiger partial charge in [0.2, 0.25) is 11.8 Å². The van der Waals surface area contributed by atoms with Crippen LogP contribution in [-0.4, -0.2) is 35.2 Å². The quantitative estimate of drug-likeness (QED) is 0.726. The molecular weight excluding hydrogens is 364 g/mol. The summed E-state index contributed by atoms with van der Waals surface area (Å²) in [7, 11) is 0. The van der Waals surface area contributed by atoms with E-state index in [9.17, 15) is 14.4 Å². The molecule has 5 heteroatoms. The third kappa shape index (κ3) is 4.24. The lowest BCUT2D eigenvalue weighted by molar-refractivity contribution is -0.121. The largest absolute Gasteiger partial charge is 0.336 e. The molecule has 0 aliphatic carbocycles. The Bertz CT molecular complexity index is 893. The maximum absolute atomic E-state index is 13.3. The van der Waals surface area contributed by atoms with Crippen LogP contribution in [0, 0.1) is 0 Å². The van der Waals surface area contributed by atoms with E-state index in [2.05, 4.69) is 12.1 Å². The van der Waals surface area contributed by atoms with Gasteiger partial charge in [0.05, 0.1) is 5.69 Å². The molecule has 2 aliphatic rings. The fourth-order valence-corrected chi connectivity index (χ4v) is 4.35. The summed E-state index contributed by atoms with van der Waals surface area (Å²) in [5.74, 6) is -0.402. The maximum Gasteiger partial charge on any atom is 0.254 e. The number of rotatable bonds is 5. The highest BCUT2D eigenvalue weighted by Gasteiger charge is 2.32. The van der Waals surface area contributed by atoms with E-state index in [0.717, 1.165) is 38.6 Å². The summed E-state index contributed by atoms with van der Waals surface area (Å²) in [5.41, 5.74) is 2.33. The maximum atomic E-state index is 13.3. The van der Waals surface area contributed by atoms with E-state index >= 15 is 0 Å². The van der Waals surface area contributed by atoms with E-state index < -0.39 is 0 Å². The van der Waals surface area contributed by atoms with Gasteiger partial charge in [-0.25, -0.2) is 0 Å². The van der Waals surface area contributed by atoms with E-state index in [0.29, 0.717) is 11.3 Å². The Morgan fingerprint density at radius 3 is 2.45 bits per heavy atom. The zero-order valence-electron chi connectivity index (χ0n) is 16.5. The molecule has 2 heterocycles. The summed E-state index contributed by atoms with van der Waals surface area (Å²) in [5, 5.41) is 0. The van der Waals surface area contributed by atoms with Crippen molar-refractivity contribution in [1.82, 2.24) is 4.90 Å². The number of imide groups is 1. The van der Waals surface area contributed by atoms with Crippen molar-refractivity contribution in [3.05, 3.63) is 65.7 Å². The SMILES string of the molecule is O=C1CCC(=O)N1c1cccc(C(=O)N2CCCC[C@@H]2CCc2ccccc2)c1. The second kappa shape index (κ2) is 8.60. The van der Waals surface area contributed by atoms with Crippen molar-refractivity contribution in [2.24, 2.45) is 0 Å². The van der Waals surface area contributed by atoms with Crippen molar-refractivity contribution in [1.29, 1.82) is 0 Å². The normalized spacial score (nSPS) is 19.7. The number of hydrogen-bond donors (Lipinski definition) is 0.